The Hall–Kier alpha value is -1.76. The van der Waals surface area contributed by atoms with Gasteiger partial charge in [-0.05, 0) is 31.4 Å². The van der Waals surface area contributed by atoms with Gasteiger partial charge in [0.15, 0.2) is 5.58 Å². The summed E-state index contributed by atoms with van der Waals surface area (Å²) in [6.45, 7) is 2.05. The van der Waals surface area contributed by atoms with E-state index in [4.69, 9.17) is 4.42 Å². The van der Waals surface area contributed by atoms with Crippen LogP contribution in [0.4, 0.5) is 11.7 Å². The molecule has 1 heterocycles. The predicted octanol–water partition coefficient (Wildman–Crippen LogP) is 3.29. The van der Waals surface area contributed by atoms with Crippen LogP contribution in [0.1, 0.15) is 13.3 Å². The number of oxazole rings is 1. The third-order valence-electron chi connectivity index (χ3n) is 2.71. The smallest absolute Gasteiger partial charge is 0.295 e. The number of thioether (sulfide) groups is 1. The Balaban J connectivity index is 2.15. The summed E-state index contributed by atoms with van der Waals surface area (Å²) >= 11 is 1.78. The first-order valence-electron chi connectivity index (χ1n) is 5.90. The van der Waals surface area contributed by atoms with Crippen molar-refractivity contribution in [1.82, 2.24) is 4.98 Å². The lowest BCUT2D eigenvalue weighted by atomic mass is 10.3. The van der Waals surface area contributed by atoms with Gasteiger partial charge in [-0.15, -0.1) is 0 Å². The van der Waals surface area contributed by atoms with Crippen molar-refractivity contribution in [2.45, 2.75) is 19.4 Å². The van der Waals surface area contributed by atoms with Crippen molar-refractivity contribution >= 4 is 34.6 Å². The maximum Gasteiger partial charge on any atom is 0.295 e. The quantitative estimate of drug-likeness (QED) is 0.646. The molecule has 0 aliphatic heterocycles. The number of non-ortho nitro benzene ring substituents is 1. The van der Waals surface area contributed by atoms with Gasteiger partial charge in [-0.25, -0.2) is 0 Å². The predicted molar refractivity (Wildman–Crippen MR) is 76.7 cm³/mol. The number of benzene rings is 1. The van der Waals surface area contributed by atoms with E-state index in [0.29, 0.717) is 17.1 Å². The van der Waals surface area contributed by atoms with Gasteiger partial charge in [-0.1, -0.05) is 0 Å². The number of hydrogen-bond acceptors (Lipinski definition) is 6. The van der Waals surface area contributed by atoms with Gasteiger partial charge in [0.05, 0.1) is 4.92 Å². The van der Waals surface area contributed by atoms with Crippen molar-refractivity contribution in [2.24, 2.45) is 0 Å². The van der Waals surface area contributed by atoms with Crippen molar-refractivity contribution in [3.8, 4) is 0 Å². The maximum atomic E-state index is 10.7. The van der Waals surface area contributed by atoms with E-state index in [9.17, 15) is 10.1 Å². The highest BCUT2D eigenvalue weighted by Gasteiger charge is 2.12. The zero-order valence-corrected chi connectivity index (χ0v) is 11.6. The number of anilines is 1. The number of nitro groups is 1. The Morgan fingerprint density at radius 1 is 1.58 bits per heavy atom. The molecular formula is C12H15N3O3S. The first kappa shape index (κ1) is 13.7. The molecule has 0 spiro atoms. The van der Waals surface area contributed by atoms with E-state index in [1.54, 1.807) is 17.8 Å². The molecular weight excluding hydrogens is 266 g/mol. The van der Waals surface area contributed by atoms with Gasteiger partial charge in [0, 0.05) is 18.2 Å². The van der Waals surface area contributed by atoms with Gasteiger partial charge in [0.25, 0.3) is 11.7 Å². The molecule has 2 aromatic rings. The van der Waals surface area contributed by atoms with Gasteiger partial charge in [0.2, 0.25) is 0 Å². The molecule has 0 aliphatic rings. The minimum Gasteiger partial charge on any atom is -0.424 e. The molecule has 1 N–H and O–H groups in total. The van der Waals surface area contributed by atoms with Crippen LogP contribution in [-0.4, -0.2) is 28.0 Å². The summed E-state index contributed by atoms with van der Waals surface area (Å²) in [6, 6.07) is 5.04. The molecule has 7 heteroatoms. The fraction of sp³-hybridized carbons (Fsp3) is 0.417. The summed E-state index contributed by atoms with van der Waals surface area (Å²) in [4.78, 5) is 14.4. The molecule has 0 saturated heterocycles. The third kappa shape index (κ3) is 3.37. The highest BCUT2D eigenvalue weighted by atomic mass is 32.2. The fourth-order valence-electron chi connectivity index (χ4n) is 1.67. The van der Waals surface area contributed by atoms with Gasteiger partial charge < -0.3 is 9.73 Å². The Kier molecular flexibility index (Phi) is 4.26. The highest BCUT2D eigenvalue weighted by molar-refractivity contribution is 7.98. The molecule has 0 aliphatic carbocycles. The second kappa shape index (κ2) is 5.92. The third-order valence-corrected chi connectivity index (χ3v) is 3.35. The van der Waals surface area contributed by atoms with E-state index in [2.05, 4.69) is 16.6 Å². The van der Waals surface area contributed by atoms with E-state index in [0.717, 1.165) is 12.2 Å². The fourth-order valence-corrected chi connectivity index (χ4v) is 2.26. The molecule has 102 valence electrons. The first-order valence-corrected chi connectivity index (χ1v) is 7.30. The van der Waals surface area contributed by atoms with E-state index >= 15 is 0 Å². The van der Waals surface area contributed by atoms with Crippen LogP contribution in [0.3, 0.4) is 0 Å². The maximum absolute atomic E-state index is 10.7. The topological polar surface area (TPSA) is 81.2 Å². The number of fused-ring (bicyclic) bond motifs is 1. The molecule has 2 rings (SSSR count). The summed E-state index contributed by atoms with van der Waals surface area (Å²) in [6.07, 6.45) is 3.06. The Morgan fingerprint density at radius 3 is 3.05 bits per heavy atom. The van der Waals surface area contributed by atoms with Crippen LogP contribution in [-0.2, 0) is 0 Å². The molecule has 1 aromatic heterocycles. The van der Waals surface area contributed by atoms with Crippen molar-refractivity contribution in [1.29, 1.82) is 0 Å². The summed E-state index contributed by atoms with van der Waals surface area (Å²) in [5, 5.41) is 13.8. The van der Waals surface area contributed by atoms with Crippen LogP contribution in [0.2, 0.25) is 0 Å². The van der Waals surface area contributed by atoms with E-state index in [1.807, 2.05) is 6.92 Å². The zero-order valence-electron chi connectivity index (χ0n) is 10.8. The summed E-state index contributed by atoms with van der Waals surface area (Å²) in [5.41, 5.74) is 1.06. The Labute approximate surface area is 114 Å². The van der Waals surface area contributed by atoms with Gasteiger partial charge in [-0.2, -0.15) is 16.7 Å². The average molecular weight is 281 g/mol. The second-order valence-electron chi connectivity index (χ2n) is 4.26. The van der Waals surface area contributed by atoms with Crippen LogP contribution in [0.15, 0.2) is 22.6 Å². The summed E-state index contributed by atoms with van der Waals surface area (Å²) in [5.74, 6) is 1.06. The lowest BCUT2D eigenvalue weighted by Gasteiger charge is -2.10. The minimum atomic E-state index is -0.442. The normalized spacial score (nSPS) is 12.5. The van der Waals surface area contributed by atoms with Crippen molar-refractivity contribution < 1.29 is 9.34 Å². The lowest BCUT2D eigenvalue weighted by molar-refractivity contribution is -0.384. The van der Waals surface area contributed by atoms with Gasteiger partial charge in [0.1, 0.15) is 5.52 Å². The molecule has 1 atom stereocenters. The van der Waals surface area contributed by atoms with Crippen LogP contribution in [0.25, 0.3) is 11.1 Å². The zero-order chi connectivity index (χ0) is 13.8. The van der Waals surface area contributed by atoms with E-state index in [-0.39, 0.29) is 11.7 Å². The first-order chi connectivity index (χ1) is 9.10. The number of nitrogens with zero attached hydrogens (tertiary/aromatic N) is 2. The van der Waals surface area contributed by atoms with Crippen molar-refractivity contribution in [3.05, 3.63) is 28.3 Å². The molecule has 0 radical (unpaired) electrons. The number of nitro benzene ring substituents is 1. The Morgan fingerprint density at radius 2 is 2.37 bits per heavy atom. The Bertz CT molecular complexity index is 585. The van der Waals surface area contributed by atoms with Crippen LogP contribution in [0.5, 0.6) is 0 Å². The molecule has 6 nitrogen and oxygen atoms in total. The molecule has 19 heavy (non-hydrogen) atoms. The van der Waals surface area contributed by atoms with Gasteiger partial charge in [-0.3, -0.25) is 10.1 Å². The average Bonchev–Trinajstić information content (AvgIpc) is 2.77. The summed E-state index contributed by atoms with van der Waals surface area (Å²) < 4.78 is 5.50. The monoisotopic (exact) mass is 281 g/mol. The second-order valence-corrected chi connectivity index (χ2v) is 5.24. The summed E-state index contributed by atoms with van der Waals surface area (Å²) in [7, 11) is 0. The molecule has 1 aromatic carbocycles. The molecule has 0 saturated carbocycles. The largest absolute Gasteiger partial charge is 0.424 e. The minimum absolute atomic E-state index is 0.0165. The molecule has 0 amide bonds. The van der Waals surface area contributed by atoms with Gasteiger partial charge >= 0.3 is 0 Å². The number of hydrogen-bond donors (Lipinski definition) is 1. The molecule has 0 bridgehead atoms. The number of aromatic nitrogens is 1. The van der Waals surface area contributed by atoms with Crippen LogP contribution in [0, 0.1) is 10.1 Å². The molecule has 1 unspecified atom stereocenters. The lowest BCUT2D eigenvalue weighted by Crippen LogP contribution is -2.15. The number of nitrogens with one attached hydrogen (secondary N) is 1. The van der Waals surface area contributed by atoms with Crippen molar-refractivity contribution in [3.63, 3.8) is 0 Å². The standard InChI is InChI=1S/C12H15N3O3S/c1-8(5-6-19-2)13-12-14-10-7-9(15(16)17)3-4-11(10)18-12/h3-4,7-8H,5-6H2,1-2H3,(H,13,14). The van der Waals surface area contributed by atoms with E-state index in [1.165, 1.54) is 12.1 Å². The van der Waals surface area contributed by atoms with E-state index < -0.39 is 4.92 Å². The van der Waals surface area contributed by atoms with Crippen LogP contribution < -0.4 is 5.32 Å². The van der Waals surface area contributed by atoms with Crippen molar-refractivity contribution in [2.75, 3.05) is 17.3 Å². The highest BCUT2D eigenvalue weighted by Crippen LogP contribution is 2.24. The number of rotatable bonds is 6. The van der Waals surface area contributed by atoms with Crippen LogP contribution >= 0.6 is 11.8 Å². The molecule has 0 fully saturated rings. The SMILES string of the molecule is CSCCC(C)Nc1nc2cc([N+](=O)[O-])ccc2o1.